The topological polar surface area (TPSA) is 87.7 Å². The molecule has 2 aromatic carbocycles. The zero-order valence-corrected chi connectivity index (χ0v) is 24.2. The number of amides is 3. The smallest absolute Gasteiger partial charge is 0.408 e. The van der Waals surface area contributed by atoms with Crippen molar-refractivity contribution < 1.29 is 19.1 Å². The first-order valence-corrected chi connectivity index (χ1v) is 14.3. The van der Waals surface area contributed by atoms with Gasteiger partial charge in [-0.05, 0) is 64.5 Å². The molecule has 39 heavy (non-hydrogen) atoms. The molecule has 2 aromatic rings. The van der Waals surface area contributed by atoms with Crippen molar-refractivity contribution in [2.24, 2.45) is 0 Å². The van der Waals surface area contributed by atoms with Gasteiger partial charge in [0.05, 0.1) is 0 Å². The van der Waals surface area contributed by atoms with Crippen molar-refractivity contribution in [3.8, 4) is 0 Å². The first kappa shape index (κ1) is 30.2. The zero-order chi connectivity index (χ0) is 28.4. The summed E-state index contributed by atoms with van der Waals surface area (Å²) in [4.78, 5) is 42.8. The highest BCUT2D eigenvalue weighted by Gasteiger charge is 2.42. The van der Waals surface area contributed by atoms with E-state index in [1.807, 2.05) is 61.5 Å². The Morgan fingerprint density at radius 3 is 2.33 bits per heavy atom. The van der Waals surface area contributed by atoms with Gasteiger partial charge in [0.15, 0.2) is 0 Å². The van der Waals surface area contributed by atoms with Crippen LogP contribution in [0.3, 0.4) is 0 Å². The van der Waals surface area contributed by atoms with Crippen molar-refractivity contribution in [1.29, 1.82) is 0 Å². The number of unbranched alkanes of at least 4 members (excludes halogenated alkanes) is 2. The Labute approximate surface area is 233 Å². The molecule has 1 fully saturated rings. The van der Waals surface area contributed by atoms with Crippen LogP contribution in [0, 0.1) is 6.92 Å². The fourth-order valence-corrected chi connectivity index (χ4v) is 4.82. The SMILES string of the molecule is CCCCCNC(=O)C(c1cccc(C)c1)N(C(=O)C(Cc1ccccc1)NC(=O)OC(C)(C)C)C1CCC1. The molecule has 3 amide bonds. The fourth-order valence-electron chi connectivity index (χ4n) is 4.82. The molecule has 7 heteroatoms. The van der Waals surface area contributed by atoms with Gasteiger partial charge in [-0.3, -0.25) is 9.59 Å². The maximum Gasteiger partial charge on any atom is 0.408 e. The van der Waals surface area contributed by atoms with Crippen LogP contribution >= 0.6 is 0 Å². The highest BCUT2D eigenvalue weighted by atomic mass is 16.6. The molecule has 2 atom stereocenters. The van der Waals surface area contributed by atoms with Crippen LogP contribution in [0.2, 0.25) is 0 Å². The van der Waals surface area contributed by atoms with Gasteiger partial charge in [0.2, 0.25) is 11.8 Å². The number of hydrogen-bond donors (Lipinski definition) is 2. The van der Waals surface area contributed by atoms with E-state index < -0.39 is 23.8 Å². The van der Waals surface area contributed by atoms with Crippen LogP contribution in [-0.2, 0) is 20.7 Å². The van der Waals surface area contributed by atoms with Crippen LogP contribution in [0.4, 0.5) is 4.79 Å². The highest BCUT2D eigenvalue weighted by Crippen LogP contribution is 2.34. The normalized spacial score (nSPS) is 15.0. The van der Waals surface area contributed by atoms with Crippen molar-refractivity contribution in [2.45, 2.75) is 103 Å². The van der Waals surface area contributed by atoms with Gasteiger partial charge in [0, 0.05) is 19.0 Å². The lowest BCUT2D eigenvalue weighted by molar-refractivity contribution is -0.147. The third-order valence-corrected chi connectivity index (χ3v) is 6.96. The minimum Gasteiger partial charge on any atom is -0.444 e. The molecule has 0 spiro atoms. The average Bonchev–Trinajstić information content (AvgIpc) is 2.84. The van der Waals surface area contributed by atoms with E-state index in [1.54, 1.807) is 25.7 Å². The third-order valence-electron chi connectivity index (χ3n) is 6.96. The van der Waals surface area contributed by atoms with E-state index in [2.05, 4.69) is 17.6 Å². The van der Waals surface area contributed by atoms with Crippen LogP contribution in [0.1, 0.15) is 89.0 Å². The summed E-state index contributed by atoms with van der Waals surface area (Å²) in [6.07, 6.45) is 5.25. The van der Waals surface area contributed by atoms with Crippen LogP contribution < -0.4 is 10.6 Å². The summed E-state index contributed by atoms with van der Waals surface area (Å²) >= 11 is 0. The van der Waals surface area contributed by atoms with Gasteiger partial charge in [-0.15, -0.1) is 0 Å². The summed E-state index contributed by atoms with van der Waals surface area (Å²) < 4.78 is 5.52. The minimum absolute atomic E-state index is 0.0805. The molecule has 1 aliphatic rings. The van der Waals surface area contributed by atoms with E-state index in [1.165, 1.54) is 0 Å². The van der Waals surface area contributed by atoms with Crippen molar-refractivity contribution in [2.75, 3.05) is 6.54 Å². The van der Waals surface area contributed by atoms with Crippen LogP contribution in [0.25, 0.3) is 0 Å². The number of aryl methyl sites for hydroxylation is 1. The summed E-state index contributed by atoms with van der Waals surface area (Å²) in [5.41, 5.74) is 2.00. The zero-order valence-electron chi connectivity index (χ0n) is 24.2. The second kappa shape index (κ2) is 14.2. The number of nitrogens with one attached hydrogen (secondary N) is 2. The molecule has 0 heterocycles. The van der Waals surface area contributed by atoms with Gasteiger partial charge < -0.3 is 20.3 Å². The lowest BCUT2D eigenvalue weighted by Gasteiger charge is -2.43. The van der Waals surface area contributed by atoms with Gasteiger partial charge >= 0.3 is 6.09 Å². The summed E-state index contributed by atoms with van der Waals surface area (Å²) in [6.45, 7) is 10.0. The molecule has 0 radical (unpaired) electrons. The Morgan fingerprint density at radius 1 is 1.03 bits per heavy atom. The lowest BCUT2D eigenvalue weighted by atomic mass is 9.87. The number of alkyl carbamates (subject to hydrolysis) is 1. The van der Waals surface area contributed by atoms with Crippen LogP contribution in [0.15, 0.2) is 54.6 Å². The predicted octanol–water partition coefficient (Wildman–Crippen LogP) is 5.86. The molecule has 0 aromatic heterocycles. The Hall–Kier alpha value is -3.35. The molecular weight excluding hydrogens is 490 g/mol. The molecule has 0 aliphatic heterocycles. The Bertz CT molecular complexity index is 1090. The van der Waals surface area contributed by atoms with Crippen LogP contribution in [0.5, 0.6) is 0 Å². The third kappa shape index (κ3) is 9.12. The second-order valence-electron chi connectivity index (χ2n) is 11.5. The van der Waals surface area contributed by atoms with Gasteiger partial charge in [-0.2, -0.15) is 0 Å². The van der Waals surface area contributed by atoms with Crippen molar-refractivity contribution in [3.05, 3.63) is 71.3 Å². The summed E-state index contributed by atoms with van der Waals surface area (Å²) in [7, 11) is 0. The van der Waals surface area contributed by atoms with Crippen molar-refractivity contribution >= 4 is 17.9 Å². The summed E-state index contributed by atoms with van der Waals surface area (Å²) in [5, 5.41) is 5.93. The monoisotopic (exact) mass is 535 g/mol. The molecule has 2 N–H and O–H groups in total. The van der Waals surface area contributed by atoms with E-state index in [0.29, 0.717) is 13.0 Å². The second-order valence-corrected chi connectivity index (χ2v) is 11.5. The first-order chi connectivity index (χ1) is 18.6. The van der Waals surface area contributed by atoms with Gasteiger partial charge in [0.1, 0.15) is 17.7 Å². The maximum atomic E-state index is 14.4. The molecule has 1 aliphatic carbocycles. The van der Waals surface area contributed by atoms with Crippen molar-refractivity contribution in [3.63, 3.8) is 0 Å². The van der Waals surface area contributed by atoms with E-state index in [0.717, 1.165) is 55.2 Å². The first-order valence-electron chi connectivity index (χ1n) is 14.3. The largest absolute Gasteiger partial charge is 0.444 e. The van der Waals surface area contributed by atoms with Crippen LogP contribution in [-0.4, -0.2) is 47.0 Å². The van der Waals surface area contributed by atoms with E-state index >= 15 is 0 Å². The fraction of sp³-hybridized carbons (Fsp3) is 0.531. The molecule has 3 rings (SSSR count). The van der Waals surface area contributed by atoms with Crippen molar-refractivity contribution in [1.82, 2.24) is 15.5 Å². The molecule has 212 valence electrons. The molecule has 0 bridgehead atoms. The lowest BCUT2D eigenvalue weighted by Crippen LogP contribution is -2.58. The molecular formula is C32H45N3O4. The van der Waals surface area contributed by atoms with E-state index in [4.69, 9.17) is 4.74 Å². The number of carbonyl (C=O) groups excluding carboxylic acids is 3. The number of ether oxygens (including phenoxy) is 1. The number of nitrogens with zero attached hydrogens (tertiary/aromatic N) is 1. The van der Waals surface area contributed by atoms with E-state index in [9.17, 15) is 14.4 Å². The van der Waals surface area contributed by atoms with Gasteiger partial charge in [0.25, 0.3) is 0 Å². The van der Waals surface area contributed by atoms with Gasteiger partial charge in [-0.25, -0.2) is 4.79 Å². The molecule has 2 unspecified atom stereocenters. The Morgan fingerprint density at radius 2 is 1.74 bits per heavy atom. The standard InChI is InChI=1S/C32H45N3O4/c1-6-7-11-20-33-29(36)28(25-17-12-14-23(2)21-25)35(26-18-13-19-26)30(37)27(22-24-15-9-8-10-16-24)34-31(38)39-32(3,4)5/h8-10,12,14-17,21,26-28H,6-7,11,13,18-20,22H2,1-5H3,(H,33,36)(H,34,38). The maximum absolute atomic E-state index is 14.4. The average molecular weight is 536 g/mol. The number of hydrogen-bond acceptors (Lipinski definition) is 4. The minimum atomic E-state index is -0.886. The highest BCUT2D eigenvalue weighted by molar-refractivity contribution is 5.92. The predicted molar refractivity (Wildman–Crippen MR) is 154 cm³/mol. The molecule has 7 nitrogen and oxygen atoms in total. The van der Waals surface area contributed by atoms with Gasteiger partial charge in [-0.1, -0.05) is 79.9 Å². The number of benzene rings is 2. The molecule has 0 saturated heterocycles. The Balaban J connectivity index is 1.98. The quantitative estimate of drug-likeness (QED) is 0.333. The number of carbonyl (C=O) groups is 3. The Kier molecular flexibility index (Phi) is 11.0. The summed E-state index contributed by atoms with van der Waals surface area (Å²) in [5.74, 6) is -0.461. The number of rotatable bonds is 12. The molecule has 1 saturated carbocycles. The van der Waals surface area contributed by atoms with E-state index in [-0.39, 0.29) is 17.9 Å². The summed E-state index contributed by atoms with van der Waals surface area (Å²) in [6, 6.07) is 15.6.